The van der Waals surface area contributed by atoms with E-state index in [-0.39, 0.29) is 17.6 Å². The molecule has 0 saturated heterocycles. The van der Waals surface area contributed by atoms with Gasteiger partial charge in [0.05, 0.1) is 10.7 Å². The van der Waals surface area contributed by atoms with Crippen LogP contribution in [0.25, 0.3) is 0 Å². The fourth-order valence-electron chi connectivity index (χ4n) is 3.73. The number of hydrogen-bond acceptors (Lipinski definition) is 3. The van der Waals surface area contributed by atoms with Crippen LogP contribution in [0.15, 0.2) is 72.9 Å². The van der Waals surface area contributed by atoms with Gasteiger partial charge >= 0.3 is 6.18 Å². The summed E-state index contributed by atoms with van der Waals surface area (Å²) in [6.07, 6.45) is -1.03. The molecule has 4 rings (SSSR count). The summed E-state index contributed by atoms with van der Waals surface area (Å²) in [5, 5.41) is 3.60. The van der Waals surface area contributed by atoms with Gasteiger partial charge in [-0.3, -0.25) is 9.78 Å². The van der Waals surface area contributed by atoms with Crippen LogP contribution in [0.5, 0.6) is 5.75 Å². The predicted molar refractivity (Wildman–Crippen MR) is 119 cm³/mol. The molecular weight excluding hydrogens is 453 g/mol. The van der Waals surface area contributed by atoms with Gasteiger partial charge in [0.25, 0.3) is 0 Å². The van der Waals surface area contributed by atoms with Gasteiger partial charge in [0.2, 0.25) is 5.91 Å². The van der Waals surface area contributed by atoms with Gasteiger partial charge in [-0.25, -0.2) is 0 Å². The minimum atomic E-state index is -4.46. The monoisotopic (exact) mass is 474 g/mol. The van der Waals surface area contributed by atoms with E-state index in [1.54, 1.807) is 24.3 Å². The highest BCUT2D eigenvalue weighted by atomic mass is 35.5. The first kappa shape index (κ1) is 23.1. The molecule has 1 heterocycles. The van der Waals surface area contributed by atoms with Crippen molar-refractivity contribution < 1.29 is 22.7 Å². The molecule has 3 aromatic rings. The van der Waals surface area contributed by atoms with Crippen LogP contribution in [0.2, 0.25) is 5.02 Å². The highest BCUT2D eigenvalue weighted by Crippen LogP contribution is 2.37. The number of nitrogens with zero attached hydrogens (tertiary/aromatic N) is 1. The van der Waals surface area contributed by atoms with Gasteiger partial charge in [0, 0.05) is 18.5 Å². The molecule has 2 aromatic carbocycles. The quantitative estimate of drug-likeness (QED) is 0.456. The van der Waals surface area contributed by atoms with E-state index in [4.69, 9.17) is 16.3 Å². The number of aromatic nitrogens is 1. The third kappa shape index (κ3) is 5.85. The third-order valence-electron chi connectivity index (χ3n) is 5.49. The molecule has 1 aromatic heterocycles. The smallest absolute Gasteiger partial charge is 0.422 e. The second-order valence-corrected chi connectivity index (χ2v) is 8.56. The van der Waals surface area contributed by atoms with Crippen LogP contribution in [-0.2, 0) is 16.8 Å². The molecule has 8 heteroatoms. The predicted octanol–water partition coefficient (Wildman–Crippen LogP) is 5.69. The molecule has 4 nitrogen and oxygen atoms in total. The molecule has 0 aliphatic heterocycles. The van der Waals surface area contributed by atoms with Crippen LogP contribution < -0.4 is 10.1 Å². The highest BCUT2D eigenvalue weighted by Gasteiger charge is 2.41. The Morgan fingerprint density at radius 3 is 2.45 bits per heavy atom. The van der Waals surface area contributed by atoms with Crippen LogP contribution in [0.1, 0.15) is 29.7 Å². The molecule has 0 unspecified atom stereocenters. The number of alkyl halides is 3. The number of rotatable bonds is 8. The summed E-state index contributed by atoms with van der Waals surface area (Å²) >= 11 is 6.07. The van der Waals surface area contributed by atoms with Crippen LogP contribution in [0.3, 0.4) is 0 Å². The van der Waals surface area contributed by atoms with Crippen LogP contribution in [-0.4, -0.2) is 23.7 Å². The van der Waals surface area contributed by atoms with E-state index in [0.717, 1.165) is 18.4 Å². The zero-order chi connectivity index (χ0) is 23.5. The molecule has 1 amide bonds. The summed E-state index contributed by atoms with van der Waals surface area (Å²) in [4.78, 5) is 17.5. The zero-order valence-electron chi connectivity index (χ0n) is 17.6. The number of carbonyl (C=O) groups is 1. The summed E-state index contributed by atoms with van der Waals surface area (Å²) in [5.74, 6) is -0.154. The Morgan fingerprint density at radius 2 is 1.82 bits per heavy atom. The van der Waals surface area contributed by atoms with E-state index < -0.39 is 18.3 Å². The zero-order valence-corrected chi connectivity index (χ0v) is 18.4. The lowest BCUT2D eigenvalue weighted by Gasteiger charge is -2.36. The standard InChI is InChI=1S/C25H22ClF3N2O2/c26-20-11-12-22(30-15-20)24(31-23(32)18-9-10-18,14-17-5-2-1-3-6-17)19-7-4-8-21(13-19)33-16-25(27,28)29/h1-8,11-13,15,18H,9-10,14,16H2,(H,31,32)/t24-/m1/s1. The molecule has 1 aliphatic rings. The summed E-state index contributed by atoms with van der Waals surface area (Å²) in [6.45, 7) is -1.41. The topological polar surface area (TPSA) is 51.2 Å². The van der Waals surface area contributed by atoms with E-state index in [1.165, 1.54) is 18.3 Å². The van der Waals surface area contributed by atoms with Gasteiger partial charge in [0.1, 0.15) is 11.3 Å². The molecule has 1 atom stereocenters. The molecule has 1 aliphatic carbocycles. The van der Waals surface area contributed by atoms with Crippen molar-refractivity contribution in [3.63, 3.8) is 0 Å². The minimum Gasteiger partial charge on any atom is -0.484 e. The number of ether oxygens (including phenoxy) is 1. The van der Waals surface area contributed by atoms with Gasteiger partial charge < -0.3 is 10.1 Å². The van der Waals surface area contributed by atoms with E-state index in [2.05, 4.69) is 10.3 Å². The lowest BCUT2D eigenvalue weighted by Crippen LogP contribution is -2.49. The first-order valence-corrected chi connectivity index (χ1v) is 10.9. The number of amides is 1. The lowest BCUT2D eigenvalue weighted by molar-refractivity contribution is -0.153. The first-order chi connectivity index (χ1) is 15.7. The number of benzene rings is 2. The van der Waals surface area contributed by atoms with E-state index in [0.29, 0.717) is 22.7 Å². The van der Waals surface area contributed by atoms with E-state index >= 15 is 0 Å². The van der Waals surface area contributed by atoms with Crippen molar-refractivity contribution in [2.24, 2.45) is 5.92 Å². The van der Waals surface area contributed by atoms with Gasteiger partial charge in [0.15, 0.2) is 6.61 Å². The second-order valence-electron chi connectivity index (χ2n) is 8.12. The molecule has 1 N–H and O–H groups in total. The maximum atomic E-state index is 13.0. The molecule has 33 heavy (non-hydrogen) atoms. The average molecular weight is 475 g/mol. The van der Waals surface area contributed by atoms with Crippen molar-refractivity contribution in [2.45, 2.75) is 31.0 Å². The Morgan fingerprint density at radius 1 is 1.06 bits per heavy atom. The maximum Gasteiger partial charge on any atom is 0.422 e. The molecule has 172 valence electrons. The molecule has 1 fully saturated rings. The Bertz CT molecular complexity index is 1100. The fraction of sp³-hybridized carbons (Fsp3) is 0.280. The largest absolute Gasteiger partial charge is 0.484 e. The molecule has 1 saturated carbocycles. The first-order valence-electron chi connectivity index (χ1n) is 10.5. The summed E-state index contributed by atoms with van der Waals surface area (Å²) in [5.41, 5.74) is 0.878. The van der Waals surface area contributed by atoms with Gasteiger partial charge in [-0.2, -0.15) is 13.2 Å². The van der Waals surface area contributed by atoms with Crippen molar-refractivity contribution >= 4 is 17.5 Å². The molecule has 0 spiro atoms. The van der Waals surface area contributed by atoms with Crippen molar-refractivity contribution in [2.75, 3.05) is 6.61 Å². The number of halogens is 4. The van der Waals surface area contributed by atoms with Gasteiger partial charge in [-0.1, -0.05) is 54.1 Å². The normalized spacial score (nSPS) is 15.5. The summed E-state index contributed by atoms with van der Waals surface area (Å²) in [6, 6.07) is 19.3. The Labute approximate surface area is 194 Å². The van der Waals surface area contributed by atoms with Crippen LogP contribution in [0.4, 0.5) is 13.2 Å². The fourth-order valence-corrected chi connectivity index (χ4v) is 3.84. The van der Waals surface area contributed by atoms with Gasteiger partial charge in [-0.15, -0.1) is 0 Å². The Hall–Kier alpha value is -3.06. The Kier molecular flexibility index (Phi) is 6.61. The number of pyridine rings is 1. The number of carbonyl (C=O) groups excluding carboxylic acids is 1. The minimum absolute atomic E-state index is 0.0527. The average Bonchev–Trinajstić information content (AvgIpc) is 3.64. The summed E-state index contributed by atoms with van der Waals surface area (Å²) in [7, 11) is 0. The molecular formula is C25H22ClF3N2O2. The third-order valence-corrected chi connectivity index (χ3v) is 5.71. The molecule has 0 radical (unpaired) electrons. The van der Waals surface area contributed by atoms with E-state index in [1.807, 2.05) is 30.3 Å². The number of hydrogen-bond donors (Lipinski definition) is 1. The van der Waals surface area contributed by atoms with Crippen molar-refractivity contribution in [3.8, 4) is 5.75 Å². The van der Waals surface area contributed by atoms with Gasteiger partial charge in [-0.05, 0) is 48.2 Å². The highest BCUT2D eigenvalue weighted by molar-refractivity contribution is 6.30. The number of nitrogens with one attached hydrogen (secondary N) is 1. The van der Waals surface area contributed by atoms with Crippen LogP contribution in [0, 0.1) is 5.92 Å². The van der Waals surface area contributed by atoms with Crippen LogP contribution >= 0.6 is 11.6 Å². The van der Waals surface area contributed by atoms with Crippen molar-refractivity contribution in [1.29, 1.82) is 0 Å². The van der Waals surface area contributed by atoms with Crippen molar-refractivity contribution in [3.05, 3.63) is 94.8 Å². The second kappa shape index (κ2) is 9.43. The Balaban J connectivity index is 1.82. The van der Waals surface area contributed by atoms with E-state index in [9.17, 15) is 18.0 Å². The SMILES string of the molecule is O=C(N[C@](Cc1ccccc1)(c1cccc(OCC(F)(F)F)c1)c1ccc(Cl)cn1)C1CC1. The molecule has 0 bridgehead atoms. The maximum absolute atomic E-state index is 13.0. The summed E-state index contributed by atoms with van der Waals surface area (Å²) < 4.78 is 43.2. The lowest BCUT2D eigenvalue weighted by atomic mass is 9.80. The van der Waals surface area contributed by atoms with Crippen molar-refractivity contribution in [1.82, 2.24) is 10.3 Å².